The fourth-order valence-electron chi connectivity index (χ4n) is 2.14. The van der Waals surface area contributed by atoms with Crippen molar-refractivity contribution in [2.75, 3.05) is 0 Å². The number of diazo groups is 1. The highest BCUT2D eigenvalue weighted by atomic mass is 16.5. The predicted octanol–water partition coefficient (Wildman–Crippen LogP) is 3.78. The lowest BCUT2D eigenvalue weighted by atomic mass is 10.0. The summed E-state index contributed by atoms with van der Waals surface area (Å²) in [5.41, 5.74) is 1.76. The Balaban J connectivity index is 1.98. The number of rotatable bonds is 6. The van der Waals surface area contributed by atoms with Gasteiger partial charge in [-0.05, 0) is 11.1 Å². The Morgan fingerprint density at radius 3 is 2.29 bits per heavy atom. The third-order valence-electron chi connectivity index (χ3n) is 3.33. The highest BCUT2D eigenvalue weighted by molar-refractivity contribution is 5.68. The fraction of sp³-hybridized carbons (Fsp3) is 0.167. The molecule has 0 aliphatic rings. The molecule has 2 aromatic carbocycles. The van der Waals surface area contributed by atoms with Gasteiger partial charge in [0.05, 0.1) is 0 Å². The standard InChI is InChI=1S/C18H17N3O3/c19-20-12-17(22)16(11-14-7-3-1-4-8-14)21-18(23)24-13-15-9-5-2-6-10-15/h1-10,12,16H,11,13H2,(H-,21,22,23)/p+1/b17-12-/t16-/m0/s1. The zero-order valence-corrected chi connectivity index (χ0v) is 13.0. The van der Waals surface area contributed by atoms with Gasteiger partial charge < -0.3 is 15.2 Å². The molecule has 1 atom stereocenters. The maximum Gasteiger partial charge on any atom is 0.408 e. The molecule has 1 amide bonds. The van der Waals surface area contributed by atoms with Gasteiger partial charge in [0.25, 0.3) is 0 Å². The summed E-state index contributed by atoms with van der Waals surface area (Å²) in [7, 11) is 0. The summed E-state index contributed by atoms with van der Waals surface area (Å²) in [6, 6.07) is 17.8. The second kappa shape index (κ2) is 8.96. The molecule has 0 aliphatic heterocycles. The van der Waals surface area contributed by atoms with Gasteiger partial charge in [0, 0.05) is 6.42 Å². The van der Waals surface area contributed by atoms with Gasteiger partial charge in [-0.15, -0.1) is 0 Å². The van der Waals surface area contributed by atoms with Crippen LogP contribution in [-0.2, 0) is 17.8 Å². The van der Waals surface area contributed by atoms with Crippen LogP contribution in [0, 0.1) is 5.39 Å². The van der Waals surface area contributed by atoms with E-state index in [2.05, 4.69) is 10.3 Å². The Bertz CT molecular complexity index is 724. The van der Waals surface area contributed by atoms with Crippen molar-refractivity contribution >= 4 is 6.09 Å². The molecule has 6 heteroatoms. The van der Waals surface area contributed by atoms with Crippen LogP contribution in [0.5, 0.6) is 0 Å². The van der Waals surface area contributed by atoms with Crippen molar-refractivity contribution in [3.05, 3.63) is 88.7 Å². The second-order valence-corrected chi connectivity index (χ2v) is 5.12. The molecule has 2 aromatic rings. The number of aliphatic hydroxyl groups is 1. The van der Waals surface area contributed by atoms with E-state index < -0.39 is 12.1 Å². The van der Waals surface area contributed by atoms with Gasteiger partial charge in [0.1, 0.15) is 12.6 Å². The highest BCUT2D eigenvalue weighted by Gasteiger charge is 2.21. The molecule has 0 fully saturated rings. The maximum absolute atomic E-state index is 12.0. The van der Waals surface area contributed by atoms with Crippen LogP contribution in [0.15, 0.2) is 72.6 Å². The van der Waals surface area contributed by atoms with Gasteiger partial charge in [-0.2, -0.15) is 0 Å². The average Bonchev–Trinajstić information content (AvgIpc) is 2.61. The first kappa shape index (κ1) is 17.0. The lowest BCUT2D eigenvalue weighted by Gasteiger charge is -2.16. The number of benzene rings is 2. The summed E-state index contributed by atoms with van der Waals surface area (Å²) in [5.74, 6) is -0.266. The predicted molar refractivity (Wildman–Crippen MR) is 89.5 cm³/mol. The minimum Gasteiger partial charge on any atom is -0.504 e. The van der Waals surface area contributed by atoms with Crippen molar-refractivity contribution < 1.29 is 14.6 Å². The minimum absolute atomic E-state index is 0.125. The molecule has 0 spiro atoms. The van der Waals surface area contributed by atoms with Crippen molar-refractivity contribution in [2.24, 2.45) is 0 Å². The molecule has 24 heavy (non-hydrogen) atoms. The molecule has 0 aromatic heterocycles. The first-order valence-electron chi connectivity index (χ1n) is 7.43. The van der Waals surface area contributed by atoms with E-state index in [0.29, 0.717) is 6.42 Å². The molecule has 122 valence electrons. The van der Waals surface area contributed by atoms with Crippen molar-refractivity contribution in [2.45, 2.75) is 19.1 Å². The minimum atomic E-state index is -0.758. The van der Waals surface area contributed by atoms with Crippen LogP contribution in [0.25, 0.3) is 4.98 Å². The number of nitrogens with one attached hydrogen (secondary N) is 1. The molecule has 0 saturated carbocycles. The van der Waals surface area contributed by atoms with Crippen molar-refractivity contribution in [1.29, 1.82) is 5.39 Å². The van der Waals surface area contributed by atoms with Crippen molar-refractivity contribution in [1.82, 2.24) is 5.32 Å². The highest BCUT2D eigenvalue weighted by Crippen LogP contribution is 2.10. The molecular formula is C18H18N3O3+. The van der Waals surface area contributed by atoms with Crippen LogP contribution >= 0.6 is 0 Å². The van der Waals surface area contributed by atoms with Gasteiger partial charge in [-0.3, -0.25) is 0 Å². The first-order chi connectivity index (χ1) is 11.7. The number of ether oxygens (including phenoxy) is 1. The second-order valence-electron chi connectivity index (χ2n) is 5.12. The van der Waals surface area contributed by atoms with Crippen LogP contribution in [0.4, 0.5) is 4.79 Å². The Morgan fingerprint density at radius 2 is 1.71 bits per heavy atom. The molecule has 0 radical (unpaired) electrons. The molecule has 0 bridgehead atoms. The summed E-state index contributed by atoms with van der Waals surface area (Å²) in [4.78, 5) is 14.8. The van der Waals surface area contributed by atoms with Gasteiger partial charge in [0.15, 0.2) is 4.98 Å². The lowest BCUT2D eigenvalue weighted by Crippen LogP contribution is -2.38. The Kier molecular flexibility index (Phi) is 6.35. The summed E-state index contributed by atoms with van der Waals surface area (Å²) in [6.45, 7) is 0.125. The monoisotopic (exact) mass is 324 g/mol. The van der Waals surface area contributed by atoms with Gasteiger partial charge in [-0.25, -0.2) is 4.79 Å². The van der Waals surface area contributed by atoms with Crippen LogP contribution in [-0.4, -0.2) is 17.2 Å². The zero-order chi connectivity index (χ0) is 17.2. The third-order valence-corrected chi connectivity index (χ3v) is 3.33. The number of alkyl carbamates (subject to hydrolysis) is 1. The van der Waals surface area contributed by atoms with E-state index in [4.69, 9.17) is 10.1 Å². The normalized spacial score (nSPS) is 12.0. The number of carbonyl (C=O) groups is 1. The summed E-state index contributed by atoms with van der Waals surface area (Å²) >= 11 is 0. The van der Waals surface area contributed by atoms with Gasteiger partial charge in [-0.1, -0.05) is 60.7 Å². The number of amides is 1. The number of hydrogen-bond acceptors (Lipinski definition) is 4. The molecule has 0 saturated heterocycles. The summed E-state index contributed by atoms with van der Waals surface area (Å²) in [6.07, 6.45) is 0.544. The molecule has 0 aliphatic carbocycles. The van der Waals surface area contributed by atoms with E-state index in [1.807, 2.05) is 60.7 Å². The van der Waals surface area contributed by atoms with E-state index in [0.717, 1.165) is 17.3 Å². The number of nitrogens with zero attached hydrogens (tertiary/aromatic N) is 2. The molecule has 6 nitrogen and oxygen atoms in total. The number of aliphatic hydroxyl groups excluding tert-OH is 1. The largest absolute Gasteiger partial charge is 0.504 e. The van der Waals surface area contributed by atoms with Crippen LogP contribution in [0.1, 0.15) is 11.1 Å². The van der Waals surface area contributed by atoms with E-state index in [-0.39, 0.29) is 12.4 Å². The van der Waals surface area contributed by atoms with Crippen LogP contribution < -0.4 is 5.32 Å². The Labute approximate surface area is 140 Å². The average molecular weight is 324 g/mol. The summed E-state index contributed by atoms with van der Waals surface area (Å²) < 4.78 is 5.14. The third kappa shape index (κ3) is 5.46. The summed E-state index contributed by atoms with van der Waals surface area (Å²) in [5, 5.41) is 21.1. The van der Waals surface area contributed by atoms with Gasteiger partial charge in [0.2, 0.25) is 11.2 Å². The first-order valence-corrected chi connectivity index (χ1v) is 7.43. The van der Waals surface area contributed by atoms with E-state index in [1.54, 1.807) is 0 Å². The molecule has 0 unspecified atom stereocenters. The number of hydrogen-bond donors (Lipinski definition) is 2. The smallest absolute Gasteiger partial charge is 0.408 e. The van der Waals surface area contributed by atoms with E-state index >= 15 is 0 Å². The van der Waals surface area contributed by atoms with Crippen molar-refractivity contribution in [3.63, 3.8) is 0 Å². The zero-order valence-electron chi connectivity index (χ0n) is 13.0. The molecule has 2 rings (SSSR count). The molecular weight excluding hydrogens is 306 g/mol. The van der Waals surface area contributed by atoms with E-state index in [9.17, 15) is 9.90 Å². The van der Waals surface area contributed by atoms with Crippen molar-refractivity contribution in [3.8, 4) is 0 Å². The maximum atomic E-state index is 12.0. The topological polar surface area (TPSA) is 86.7 Å². The van der Waals surface area contributed by atoms with Crippen LogP contribution in [0.3, 0.4) is 0 Å². The van der Waals surface area contributed by atoms with Gasteiger partial charge >= 0.3 is 12.3 Å². The Hall–Kier alpha value is -3.33. The quantitative estimate of drug-likeness (QED) is 0.625. The fourth-order valence-corrected chi connectivity index (χ4v) is 2.14. The van der Waals surface area contributed by atoms with Crippen LogP contribution in [0.2, 0.25) is 0 Å². The lowest BCUT2D eigenvalue weighted by molar-refractivity contribution is 0.134. The SMILES string of the molecule is N#[N+]/C=C(\O)[C@H](Cc1ccccc1)NC(=O)OCc1ccccc1. The van der Waals surface area contributed by atoms with E-state index in [1.165, 1.54) is 0 Å². The number of carbonyl (C=O) groups excluding carboxylic acids is 1. The molecule has 0 heterocycles. The Morgan fingerprint density at radius 1 is 1.12 bits per heavy atom. The molecule has 2 N–H and O–H groups in total.